The number of carbonyl (C=O) groups excluding carboxylic acids is 1. The van der Waals surface area contributed by atoms with Gasteiger partial charge in [-0.25, -0.2) is 0 Å². The summed E-state index contributed by atoms with van der Waals surface area (Å²) >= 11 is 0. The lowest BCUT2D eigenvalue weighted by Gasteiger charge is -2.15. The highest BCUT2D eigenvalue weighted by molar-refractivity contribution is 5.94. The third-order valence-electron chi connectivity index (χ3n) is 3.50. The number of aryl methyl sites for hydroxylation is 1. The molecule has 0 N–H and O–H groups in total. The molecule has 1 aromatic rings. The summed E-state index contributed by atoms with van der Waals surface area (Å²) in [6.07, 6.45) is 10.5. The second-order valence-corrected chi connectivity index (χ2v) is 5.04. The first kappa shape index (κ1) is 13.1. The average Bonchev–Trinajstić information content (AvgIpc) is 2.92. The number of unbranched alkanes of at least 4 members (excludes halogenated alkanes) is 2. The van der Waals surface area contributed by atoms with Crippen molar-refractivity contribution in [1.29, 1.82) is 0 Å². The normalized spacial score (nSPS) is 15.1. The van der Waals surface area contributed by atoms with Gasteiger partial charge in [-0.2, -0.15) is 0 Å². The number of pyridine rings is 1. The molecule has 18 heavy (non-hydrogen) atoms. The van der Waals surface area contributed by atoms with Gasteiger partial charge < -0.3 is 4.90 Å². The quantitative estimate of drug-likeness (QED) is 0.748. The van der Waals surface area contributed by atoms with Gasteiger partial charge in [0, 0.05) is 25.5 Å². The molecule has 98 valence electrons. The molecule has 1 amide bonds. The second kappa shape index (κ2) is 6.53. The summed E-state index contributed by atoms with van der Waals surface area (Å²) in [4.78, 5) is 18.4. The van der Waals surface area contributed by atoms with Gasteiger partial charge in [0.25, 0.3) is 5.91 Å². The summed E-state index contributed by atoms with van der Waals surface area (Å²) in [6.45, 7) is 4.00. The Kier molecular flexibility index (Phi) is 4.73. The molecular formula is C15H22N2O. The zero-order valence-electron chi connectivity index (χ0n) is 11.2. The zero-order chi connectivity index (χ0) is 12.8. The SMILES string of the molecule is CCCCCc1cncc(C(=O)N2CCCC2)c1. The minimum absolute atomic E-state index is 0.150. The standard InChI is InChI=1S/C15H22N2O/c1-2-3-4-7-13-10-14(12-16-11-13)15(18)17-8-5-6-9-17/h10-12H,2-9H2,1H3. The molecule has 1 fully saturated rings. The summed E-state index contributed by atoms with van der Waals surface area (Å²) in [5.41, 5.74) is 1.94. The van der Waals surface area contributed by atoms with Gasteiger partial charge in [0.2, 0.25) is 0 Å². The van der Waals surface area contributed by atoms with Crippen LogP contribution in [0.25, 0.3) is 0 Å². The molecule has 2 heterocycles. The average molecular weight is 246 g/mol. The second-order valence-electron chi connectivity index (χ2n) is 5.04. The molecule has 0 bridgehead atoms. The first-order chi connectivity index (χ1) is 8.81. The number of carbonyl (C=O) groups is 1. The summed E-state index contributed by atoms with van der Waals surface area (Å²) in [5.74, 6) is 0.150. The zero-order valence-corrected chi connectivity index (χ0v) is 11.2. The van der Waals surface area contributed by atoms with E-state index in [0.717, 1.165) is 37.9 Å². The molecule has 0 spiro atoms. The molecule has 1 aromatic heterocycles. The van der Waals surface area contributed by atoms with Crippen molar-refractivity contribution >= 4 is 5.91 Å². The fourth-order valence-electron chi connectivity index (χ4n) is 2.42. The van der Waals surface area contributed by atoms with Gasteiger partial charge >= 0.3 is 0 Å². The van der Waals surface area contributed by atoms with Crippen LogP contribution in [0.4, 0.5) is 0 Å². The molecule has 0 aromatic carbocycles. The maximum absolute atomic E-state index is 12.2. The van der Waals surface area contributed by atoms with Gasteiger partial charge in [-0.3, -0.25) is 9.78 Å². The first-order valence-corrected chi connectivity index (χ1v) is 7.04. The minimum Gasteiger partial charge on any atom is -0.339 e. The molecule has 3 nitrogen and oxygen atoms in total. The smallest absolute Gasteiger partial charge is 0.255 e. The van der Waals surface area contributed by atoms with Crippen LogP contribution in [0, 0.1) is 0 Å². The van der Waals surface area contributed by atoms with Crippen LogP contribution in [0.1, 0.15) is 54.9 Å². The van der Waals surface area contributed by atoms with Crippen LogP contribution >= 0.6 is 0 Å². The molecule has 0 radical (unpaired) electrons. The molecule has 1 aliphatic rings. The Bertz CT molecular complexity index is 397. The van der Waals surface area contributed by atoms with Crippen molar-refractivity contribution in [2.45, 2.75) is 45.4 Å². The van der Waals surface area contributed by atoms with E-state index in [1.54, 1.807) is 6.20 Å². The van der Waals surface area contributed by atoms with Crippen molar-refractivity contribution < 1.29 is 4.79 Å². The Hall–Kier alpha value is -1.38. The fraction of sp³-hybridized carbons (Fsp3) is 0.600. The van der Waals surface area contributed by atoms with E-state index in [0.29, 0.717) is 0 Å². The number of nitrogens with zero attached hydrogens (tertiary/aromatic N) is 2. The highest BCUT2D eigenvalue weighted by atomic mass is 16.2. The van der Waals surface area contributed by atoms with Gasteiger partial charge in [-0.15, -0.1) is 0 Å². The molecule has 3 heteroatoms. The monoisotopic (exact) mass is 246 g/mol. The Morgan fingerprint density at radius 3 is 2.78 bits per heavy atom. The van der Waals surface area contributed by atoms with Crippen molar-refractivity contribution in [3.05, 3.63) is 29.6 Å². The number of hydrogen-bond acceptors (Lipinski definition) is 2. The molecule has 0 atom stereocenters. The predicted octanol–water partition coefficient (Wildman–Crippen LogP) is 3.05. The molecule has 0 saturated carbocycles. The van der Waals surface area contributed by atoms with Crippen molar-refractivity contribution in [2.75, 3.05) is 13.1 Å². The largest absolute Gasteiger partial charge is 0.339 e. The van der Waals surface area contributed by atoms with E-state index >= 15 is 0 Å². The van der Waals surface area contributed by atoms with Crippen LogP contribution < -0.4 is 0 Å². The highest BCUT2D eigenvalue weighted by Crippen LogP contribution is 2.14. The van der Waals surface area contributed by atoms with Crippen molar-refractivity contribution in [3.63, 3.8) is 0 Å². The Balaban J connectivity index is 1.99. The summed E-state index contributed by atoms with van der Waals surface area (Å²) in [6, 6.07) is 2.02. The highest BCUT2D eigenvalue weighted by Gasteiger charge is 2.19. The van der Waals surface area contributed by atoms with E-state index < -0.39 is 0 Å². The maximum atomic E-state index is 12.2. The van der Waals surface area contributed by atoms with E-state index in [1.807, 2.05) is 17.2 Å². The lowest BCUT2D eigenvalue weighted by atomic mass is 10.1. The van der Waals surface area contributed by atoms with Gasteiger partial charge in [0.15, 0.2) is 0 Å². The van der Waals surface area contributed by atoms with E-state index in [9.17, 15) is 4.79 Å². The van der Waals surface area contributed by atoms with Crippen LogP contribution in [-0.2, 0) is 6.42 Å². The Morgan fingerprint density at radius 2 is 2.06 bits per heavy atom. The Labute approximate surface area is 109 Å². The molecule has 0 aliphatic carbocycles. The molecule has 1 aliphatic heterocycles. The molecule has 1 saturated heterocycles. The van der Waals surface area contributed by atoms with Crippen LogP contribution in [0.3, 0.4) is 0 Å². The maximum Gasteiger partial charge on any atom is 0.255 e. The first-order valence-electron chi connectivity index (χ1n) is 7.04. The topological polar surface area (TPSA) is 33.2 Å². The number of amides is 1. The minimum atomic E-state index is 0.150. The van der Waals surface area contributed by atoms with Gasteiger partial charge in [-0.05, 0) is 37.3 Å². The summed E-state index contributed by atoms with van der Waals surface area (Å²) in [5, 5.41) is 0. The van der Waals surface area contributed by atoms with E-state index in [-0.39, 0.29) is 5.91 Å². The number of aromatic nitrogens is 1. The third-order valence-corrected chi connectivity index (χ3v) is 3.50. The molecule has 2 rings (SSSR count). The van der Waals surface area contributed by atoms with Gasteiger partial charge in [-0.1, -0.05) is 19.8 Å². The van der Waals surface area contributed by atoms with E-state index in [1.165, 1.54) is 24.8 Å². The van der Waals surface area contributed by atoms with Crippen molar-refractivity contribution in [1.82, 2.24) is 9.88 Å². The number of hydrogen-bond donors (Lipinski definition) is 0. The summed E-state index contributed by atoms with van der Waals surface area (Å²) in [7, 11) is 0. The van der Waals surface area contributed by atoms with E-state index in [2.05, 4.69) is 11.9 Å². The fourth-order valence-corrected chi connectivity index (χ4v) is 2.42. The number of rotatable bonds is 5. The van der Waals surface area contributed by atoms with Crippen LogP contribution in [-0.4, -0.2) is 28.9 Å². The van der Waals surface area contributed by atoms with Crippen molar-refractivity contribution in [2.24, 2.45) is 0 Å². The van der Waals surface area contributed by atoms with Crippen LogP contribution in [0.5, 0.6) is 0 Å². The van der Waals surface area contributed by atoms with Crippen molar-refractivity contribution in [3.8, 4) is 0 Å². The van der Waals surface area contributed by atoms with Gasteiger partial charge in [0.05, 0.1) is 5.56 Å². The van der Waals surface area contributed by atoms with Gasteiger partial charge in [0.1, 0.15) is 0 Å². The van der Waals surface area contributed by atoms with E-state index in [4.69, 9.17) is 0 Å². The van der Waals surface area contributed by atoms with Crippen LogP contribution in [0.15, 0.2) is 18.5 Å². The summed E-state index contributed by atoms with van der Waals surface area (Å²) < 4.78 is 0. The predicted molar refractivity (Wildman–Crippen MR) is 72.6 cm³/mol. The molecule has 0 unspecified atom stereocenters. The van der Waals surface area contributed by atoms with Crippen LogP contribution in [0.2, 0.25) is 0 Å². The lowest BCUT2D eigenvalue weighted by molar-refractivity contribution is 0.0792. The lowest BCUT2D eigenvalue weighted by Crippen LogP contribution is -2.27. The Morgan fingerprint density at radius 1 is 1.28 bits per heavy atom. The number of likely N-dealkylation sites (tertiary alicyclic amines) is 1. The third kappa shape index (κ3) is 3.31. The molecular weight excluding hydrogens is 224 g/mol.